The maximum atomic E-state index is 9.70. The number of hydrogen-bond donors (Lipinski definition) is 0. The van der Waals surface area contributed by atoms with Crippen LogP contribution in [-0.2, 0) is 4.57 Å². The summed E-state index contributed by atoms with van der Waals surface area (Å²) in [6.07, 6.45) is 0. The van der Waals surface area contributed by atoms with E-state index < -0.39 is 7.60 Å². The molecule has 9 heavy (non-hydrogen) atoms. The summed E-state index contributed by atoms with van der Waals surface area (Å²) in [5.41, 5.74) is 0. The summed E-state index contributed by atoms with van der Waals surface area (Å²) >= 11 is 0. The zero-order chi connectivity index (χ0) is 6.08. The van der Waals surface area contributed by atoms with Crippen LogP contribution in [0.3, 0.4) is 0 Å². The molecule has 3 nitrogen and oxygen atoms in total. The molecule has 0 N–H and O–H groups in total. The molecule has 0 saturated carbocycles. The first-order valence-corrected chi connectivity index (χ1v) is 3.17. The zero-order valence-corrected chi connectivity index (χ0v) is 10.8. The van der Waals surface area contributed by atoms with Crippen molar-refractivity contribution in [1.82, 2.24) is 0 Å². The predicted octanol–water partition coefficient (Wildman–Crippen LogP) is -6.56. The molecule has 0 atom stereocenters. The third-order valence-corrected chi connectivity index (χ3v) is 1.40. The Morgan fingerprint density at radius 3 is 1.56 bits per heavy atom. The first-order valence-electron chi connectivity index (χ1n) is 1.62. The van der Waals surface area contributed by atoms with Crippen molar-refractivity contribution < 1.29 is 73.5 Å². The average molecular weight is 166 g/mol. The van der Waals surface area contributed by atoms with E-state index in [1.165, 1.54) is 6.92 Å². The molecule has 0 aromatic rings. The van der Waals surface area contributed by atoms with Gasteiger partial charge in [0, 0.05) is 0 Å². The second-order valence-corrected chi connectivity index (χ2v) is 2.99. The molecule has 0 spiro atoms. The maximum absolute atomic E-state index is 9.70. The van der Waals surface area contributed by atoms with Gasteiger partial charge in [-0.1, -0.05) is 6.58 Å². The van der Waals surface area contributed by atoms with Crippen molar-refractivity contribution in [3.05, 3.63) is 11.9 Å². The zero-order valence-electron chi connectivity index (χ0n) is 5.88. The van der Waals surface area contributed by atoms with Gasteiger partial charge in [-0.25, -0.2) is 0 Å². The van der Waals surface area contributed by atoms with Crippen molar-refractivity contribution in [2.24, 2.45) is 0 Å². The summed E-state index contributed by atoms with van der Waals surface area (Å²) in [7, 11) is -4.43. The van der Waals surface area contributed by atoms with Gasteiger partial charge in [0.15, 0.2) is 0 Å². The van der Waals surface area contributed by atoms with Crippen molar-refractivity contribution in [3.8, 4) is 0 Å². The van der Waals surface area contributed by atoms with E-state index in [-0.39, 0.29) is 64.4 Å². The molecule has 0 aliphatic rings. The van der Waals surface area contributed by atoms with E-state index in [1.807, 2.05) is 0 Å². The Balaban J connectivity index is -0.000000180. The minimum Gasteiger partial charge on any atom is -0.808 e. The monoisotopic (exact) mass is 166 g/mol. The van der Waals surface area contributed by atoms with Gasteiger partial charge in [0.05, 0.1) is 0 Å². The quantitative estimate of drug-likeness (QED) is 0.287. The van der Waals surface area contributed by atoms with Crippen LogP contribution in [0.5, 0.6) is 0 Å². The molecule has 0 bridgehead atoms. The normalized spacial score (nSPS) is 8.78. The minimum absolute atomic E-state index is 0. The number of allylic oxidation sites excluding steroid dienone is 1. The molecule has 0 rings (SSSR count). The van der Waals surface area contributed by atoms with Crippen LogP contribution < -0.4 is 68.9 Å². The molecule has 0 radical (unpaired) electrons. The van der Waals surface area contributed by atoms with Crippen LogP contribution in [0.1, 0.15) is 6.92 Å². The van der Waals surface area contributed by atoms with Crippen LogP contribution in [0.2, 0.25) is 0 Å². The van der Waals surface area contributed by atoms with Gasteiger partial charge in [0.2, 0.25) is 0 Å². The van der Waals surface area contributed by atoms with Gasteiger partial charge in [-0.2, -0.15) is 0 Å². The molecule has 0 aromatic carbocycles. The van der Waals surface area contributed by atoms with Crippen molar-refractivity contribution in [2.45, 2.75) is 6.92 Å². The first kappa shape index (κ1) is 17.1. The first-order chi connectivity index (χ1) is 2.94. The Hall–Kier alpha value is 1.89. The summed E-state index contributed by atoms with van der Waals surface area (Å²) in [6.45, 7) is 4.11. The summed E-state index contributed by atoms with van der Waals surface area (Å²) in [4.78, 5) is 19.4. The van der Waals surface area contributed by atoms with Crippen LogP contribution in [0.15, 0.2) is 11.9 Å². The molecule has 0 amide bonds. The van der Waals surface area contributed by atoms with E-state index in [4.69, 9.17) is 0 Å². The standard InChI is InChI=1S/C3H7O3P.2Na/c1-3(2)7(4,5)6;;/h1H2,2H3,(H2,4,5,6);;/q;2*+1/p-2. The van der Waals surface area contributed by atoms with Gasteiger partial charge in [-0.05, 0) is 19.8 Å². The van der Waals surface area contributed by atoms with E-state index in [2.05, 4.69) is 6.58 Å². The third-order valence-electron chi connectivity index (χ3n) is 0.468. The largest absolute Gasteiger partial charge is 1.00 e. The molecule has 42 valence electrons. The van der Waals surface area contributed by atoms with Crippen molar-refractivity contribution in [2.75, 3.05) is 0 Å². The van der Waals surface area contributed by atoms with Crippen LogP contribution >= 0.6 is 7.60 Å². The van der Waals surface area contributed by atoms with E-state index in [0.717, 1.165) is 0 Å². The second kappa shape index (κ2) is 6.59. The van der Waals surface area contributed by atoms with Gasteiger partial charge in [-0.3, -0.25) is 0 Å². The van der Waals surface area contributed by atoms with Crippen LogP contribution in [0.4, 0.5) is 0 Å². The summed E-state index contributed by atoms with van der Waals surface area (Å²) < 4.78 is 9.70. The molecule has 0 heterocycles. The maximum Gasteiger partial charge on any atom is 1.00 e. The SMILES string of the molecule is C=C(C)P(=O)([O-])[O-].[Na+].[Na+]. The van der Waals surface area contributed by atoms with Crippen molar-refractivity contribution >= 4 is 7.60 Å². The second-order valence-electron chi connectivity index (χ2n) is 1.23. The average Bonchev–Trinajstić information content (AvgIpc) is 1.31. The van der Waals surface area contributed by atoms with Gasteiger partial charge in [-0.15, -0.1) is 0 Å². The topological polar surface area (TPSA) is 63.2 Å². The molecule has 0 saturated heterocycles. The van der Waals surface area contributed by atoms with Crippen LogP contribution in [0, 0.1) is 0 Å². The Morgan fingerprint density at radius 2 is 1.56 bits per heavy atom. The fourth-order valence-corrected chi connectivity index (χ4v) is 0. The van der Waals surface area contributed by atoms with E-state index in [0.29, 0.717) is 0 Å². The molecule has 0 fully saturated rings. The Bertz CT molecular complexity index is 129. The van der Waals surface area contributed by atoms with Crippen molar-refractivity contribution in [3.63, 3.8) is 0 Å². The van der Waals surface area contributed by atoms with E-state index in [1.54, 1.807) is 0 Å². The molecule has 0 aromatic heterocycles. The van der Waals surface area contributed by atoms with E-state index >= 15 is 0 Å². The Morgan fingerprint density at radius 1 is 1.44 bits per heavy atom. The third kappa shape index (κ3) is 9.89. The summed E-state index contributed by atoms with van der Waals surface area (Å²) in [5, 5.41) is -0.312. The number of hydrogen-bond acceptors (Lipinski definition) is 3. The molecule has 6 heteroatoms. The molecular formula is C3H5Na2O3P. The fourth-order valence-electron chi connectivity index (χ4n) is 0. The van der Waals surface area contributed by atoms with Gasteiger partial charge >= 0.3 is 59.1 Å². The van der Waals surface area contributed by atoms with Gasteiger partial charge < -0.3 is 14.4 Å². The van der Waals surface area contributed by atoms with Crippen LogP contribution in [-0.4, -0.2) is 0 Å². The smallest absolute Gasteiger partial charge is 0.808 e. The van der Waals surface area contributed by atoms with E-state index in [9.17, 15) is 14.4 Å². The van der Waals surface area contributed by atoms with Gasteiger partial charge in [0.25, 0.3) is 0 Å². The fraction of sp³-hybridized carbons (Fsp3) is 0.333. The molecule has 0 unspecified atom stereocenters. The molecule has 0 aliphatic heterocycles. The molecule has 0 aliphatic carbocycles. The number of rotatable bonds is 1. The summed E-state index contributed by atoms with van der Waals surface area (Å²) in [6, 6.07) is 0. The van der Waals surface area contributed by atoms with Crippen LogP contribution in [0.25, 0.3) is 0 Å². The Labute approximate surface area is 98.7 Å². The Kier molecular flexibility index (Phi) is 12.5. The van der Waals surface area contributed by atoms with Gasteiger partial charge in [0.1, 0.15) is 0 Å². The summed E-state index contributed by atoms with van der Waals surface area (Å²) in [5.74, 6) is 0. The molecular weight excluding hydrogens is 161 g/mol. The van der Waals surface area contributed by atoms with Crippen molar-refractivity contribution in [1.29, 1.82) is 0 Å². The predicted molar refractivity (Wildman–Crippen MR) is 22.4 cm³/mol. The minimum atomic E-state index is -4.43.